The number of benzene rings is 2. The van der Waals surface area contributed by atoms with Gasteiger partial charge in [-0.1, -0.05) is 56.5 Å². The number of carbonyl (C=O) groups excluding carboxylic acids is 1. The van der Waals surface area contributed by atoms with Crippen molar-refractivity contribution < 1.29 is 22.4 Å². The predicted molar refractivity (Wildman–Crippen MR) is 132 cm³/mol. The molecule has 1 heterocycles. The molecule has 0 aliphatic carbocycles. The number of hydrogen-bond donors (Lipinski definition) is 1. The van der Waals surface area contributed by atoms with Crippen LogP contribution in [0.5, 0.6) is 5.75 Å². The van der Waals surface area contributed by atoms with E-state index in [1.54, 1.807) is 32.0 Å². The Labute approximate surface area is 204 Å². The smallest absolute Gasteiger partial charge is 0.336 e. The fraction of sp³-hybridized carbons (Fsp3) is 0.360. The molecular formula is C25H28ClNO6S. The van der Waals surface area contributed by atoms with Crippen LogP contribution in [0.4, 0.5) is 0 Å². The Morgan fingerprint density at radius 1 is 1.15 bits per heavy atom. The summed E-state index contributed by atoms with van der Waals surface area (Å²) in [5.74, 6) is -1.25. The molecule has 2 aromatic carbocycles. The van der Waals surface area contributed by atoms with E-state index in [4.69, 9.17) is 20.8 Å². The van der Waals surface area contributed by atoms with Crippen molar-refractivity contribution in [3.05, 3.63) is 69.0 Å². The number of aryl methyl sites for hydroxylation is 2. The first kappa shape index (κ1) is 25.9. The molecule has 0 unspecified atom stereocenters. The molecule has 0 radical (unpaired) electrons. The van der Waals surface area contributed by atoms with Gasteiger partial charge >= 0.3 is 11.6 Å². The van der Waals surface area contributed by atoms with Crippen molar-refractivity contribution in [3.8, 4) is 5.75 Å². The molecule has 0 saturated heterocycles. The third-order valence-electron chi connectivity index (χ3n) is 5.43. The zero-order valence-corrected chi connectivity index (χ0v) is 21.1. The second kappa shape index (κ2) is 10.7. The van der Waals surface area contributed by atoms with Crippen LogP contribution in [0.1, 0.15) is 44.7 Å². The minimum atomic E-state index is -3.97. The number of unbranched alkanes of at least 4 members (excludes halogenated alkanes) is 1. The number of halogens is 1. The second-order valence-corrected chi connectivity index (χ2v) is 10.7. The zero-order chi connectivity index (χ0) is 25.0. The van der Waals surface area contributed by atoms with Gasteiger partial charge in [0.25, 0.3) is 0 Å². The van der Waals surface area contributed by atoms with E-state index in [1.165, 1.54) is 24.3 Å². The normalized spacial score (nSPS) is 12.8. The molecule has 3 rings (SSSR count). The summed E-state index contributed by atoms with van der Waals surface area (Å²) < 4.78 is 38.9. The van der Waals surface area contributed by atoms with Crippen molar-refractivity contribution in [3.63, 3.8) is 0 Å². The first-order valence-electron chi connectivity index (χ1n) is 11.1. The topological polar surface area (TPSA) is 103 Å². The Hall–Kier alpha value is -2.68. The Kier molecular flexibility index (Phi) is 8.17. The first-order valence-corrected chi connectivity index (χ1v) is 12.9. The van der Waals surface area contributed by atoms with Gasteiger partial charge in [-0.2, -0.15) is 4.72 Å². The average molecular weight is 506 g/mol. The molecule has 0 aliphatic heterocycles. The van der Waals surface area contributed by atoms with Crippen molar-refractivity contribution in [1.29, 1.82) is 0 Å². The van der Waals surface area contributed by atoms with Gasteiger partial charge in [0.1, 0.15) is 11.6 Å². The highest BCUT2D eigenvalue weighted by Crippen LogP contribution is 2.32. The third kappa shape index (κ3) is 6.05. The summed E-state index contributed by atoms with van der Waals surface area (Å²) in [6.45, 7) is 7.30. The van der Waals surface area contributed by atoms with E-state index in [0.29, 0.717) is 11.8 Å². The molecular weight excluding hydrogens is 478 g/mol. The van der Waals surface area contributed by atoms with Crippen molar-refractivity contribution in [1.82, 2.24) is 4.72 Å². The lowest BCUT2D eigenvalue weighted by molar-refractivity contribution is -0.137. The fourth-order valence-electron chi connectivity index (χ4n) is 3.46. The molecule has 7 nitrogen and oxygen atoms in total. The highest BCUT2D eigenvalue weighted by atomic mass is 35.5. The molecule has 1 atom stereocenters. The van der Waals surface area contributed by atoms with Gasteiger partial charge in [0.2, 0.25) is 10.0 Å². The Balaban J connectivity index is 1.89. The lowest BCUT2D eigenvalue weighted by Gasteiger charge is -2.21. The standard InChI is InChI=1S/C25H28ClNO6S/c1-5-6-7-17-12-23(28)32-21-14-22(20(26)13-19(17)21)33-25(29)24(15(2)3)27-34(30,31)18-10-8-16(4)9-11-18/h8-15,24,27H,5-7H2,1-4H3/t24-/m0/s1. The number of esters is 1. The maximum atomic E-state index is 13.0. The second-order valence-electron chi connectivity index (χ2n) is 8.55. The van der Waals surface area contributed by atoms with E-state index < -0.39 is 33.6 Å². The summed E-state index contributed by atoms with van der Waals surface area (Å²) in [6, 6.07) is 9.54. The summed E-state index contributed by atoms with van der Waals surface area (Å²) >= 11 is 6.39. The molecule has 34 heavy (non-hydrogen) atoms. The van der Waals surface area contributed by atoms with Gasteiger partial charge in [-0.15, -0.1) is 0 Å². The van der Waals surface area contributed by atoms with E-state index in [2.05, 4.69) is 11.6 Å². The lowest BCUT2D eigenvalue weighted by Crippen LogP contribution is -2.46. The molecule has 182 valence electrons. The number of carbonyl (C=O) groups is 1. The first-order chi connectivity index (χ1) is 16.0. The summed E-state index contributed by atoms with van der Waals surface area (Å²) in [7, 11) is -3.97. The number of hydrogen-bond acceptors (Lipinski definition) is 6. The average Bonchev–Trinajstić information content (AvgIpc) is 2.76. The minimum Gasteiger partial charge on any atom is -0.424 e. The van der Waals surface area contributed by atoms with Crippen molar-refractivity contribution in [2.24, 2.45) is 5.92 Å². The third-order valence-corrected chi connectivity index (χ3v) is 7.18. The fourth-order valence-corrected chi connectivity index (χ4v) is 5.00. The Morgan fingerprint density at radius 2 is 1.82 bits per heavy atom. The number of rotatable bonds is 9. The molecule has 0 bridgehead atoms. The molecule has 3 aromatic rings. The van der Waals surface area contributed by atoms with Gasteiger partial charge in [-0.3, -0.25) is 0 Å². The monoisotopic (exact) mass is 505 g/mol. The minimum absolute atomic E-state index is 0.0184. The van der Waals surface area contributed by atoms with Crippen LogP contribution in [0.15, 0.2) is 56.6 Å². The van der Waals surface area contributed by atoms with Gasteiger partial charge in [0.15, 0.2) is 5.75 Å². The molecule has 9 heteroatoms. The molecule has 0 amide bonds. The van der Waals surface area contributed by atoms with Crippen molar-refractivity contribution in [2.75, 3.05) is 0 Å². The summed E-state index contributed by atoms with van der Waals surface area (Å²) in [5, 5.41) is 0.815. The van der Waals surface area contributed by atoms with Crippen LogP contribution in [0.25, 0.3) is 11.0 Å². The largest absolute Gasteiger partial charge is 0.424 e. The number of ether oxygens (including phenoxy) is 1. The van der Waals surface area contributed by atoms with Crippen molar-refractivity contribution >= 4 is 38.6 Å². The van der Waals surface area contributed by atoms with Crippen LogP contribution in [0, 0.1) is 12.8 Å². The highest BCUT2D eigenvalue weighted by Gasteiger charge is 2.30. The van der Waals surface area contributed by atoms with Crippen LogP contribution >= 0.6 is 11.6 Å². The van der Waals surface area contributed by atoms with Crippen LogP contribution in [0.3, 0.4) is 0 Å². The summed E-state index contributed by atoms with van der Waals surface area (Å²) in [6.07, 6.45) is 2.54. The Bertz CT molecular complexity index is 1350. The summed E-state index contributed by atoms with van der Waals surface area (Å²) in [4.78, 5) is 25.0. The van der Waals surface area contributed by atoms with Crippen molar-refractivity contribution in [2.45, 2.75) is 57.9 Å². The molecule has 0 spiro atoms. The number of nitrogens with one attached hydrogen (secondary N) is 1. The van der Waals surface area contributed by atoms with E-state index in [0.717, 1.165) is 24.0 Å². The lowest BCUT2D eigenvalue weighted by atomic mass is 10.0. The van der Waals surface area contributed by atoms with Crippen LogP contribution in [-0.4, -0.2) is 20.4 Å². The number of fused-ring (bicyclic) bond motifs is 1. The van der Waals surface area contributed by atoms with E-state index in [-0.39, 0.29) is 21.3 Å². The van der Waals surface area contributed by atoms with Gasteiger partial charge in [-0.25, -0.2) is 18.0 Å². The summed E-state index contributed by atoms with van der Waals surface area (Å²) in [5.41, 5.74) is 1.45. The van der Waals surface area contributed by atoms with E-state index in [1.807, 2.05) is 6.92 Å². The molecule has 0 fully saturated rings. The molecule has 0 saturated carbocycles. The highest BCUT2D eigenvalue weighted by molar-refractivity contribution is 7.89. The van der Waals surface area contributed by atoms with Gasteiger partial charge in [-0.05, 0) is 49.4 Å². The van der Waals surface area contributed by atoms with E-state index in [9.17, 15) is 18.0 Å². The van der Waals surface area contributed by atoms with Gasteiger partial charge in [0, 0.05) is 17.5 Å². The van der Waals surface area contributed by atoms with Crippen LogP contribution in [-0.2, 0) is 21.2 Å². The van der Waals surface area contributed by atoms with E-state index >= 15 is 0 Å². The quantitative estimate of drug-likeness (QED) is 0.249. The number of sulfonamides is 1. The van der Waals surface area contributed by atoms with Gasteiger partial charge in [0.05, 0.1) is 9.92 Å². The predicted octanol–water partition coefficient (Wildman–Crippen LogP) is 5.01. The van der Waals surface area contributed by atoms with Crippen LogP contribution < -0.4 is 15.1 Å². The van der Waals surface area contributed by atoms with Gasteiger partial charge < -0.3 is 9.15 Å². The molecule has 1 N–H and O–H groups in total. The zero-order valence-electron chi connectivity index (χ0n) is 19.6. The molecule has 0 aliphatic rings. The maximum absolute atomic E-state index is 13.0. The van der Waals surface area contributed by atoms with Crippen LogP contribution in [0.2, 0.25) is 5.02 Å². The molecule has 1 aromatic heterocycles. The maximum Gasteiger partial charge on any atom is 0.336 e. The Morgan fingerprint density at radius 3 is 2.44 bits per heavy atom. The SMILES string of the molecule is CCCCc1cc(=O)oc2cc(OC(=O)[C@@H](NS(=O)(=O)c3ccc(C)cc3)C(C)C)c(Cl)cc12.